The standard InChI is InChI=1S/C24H31NO8/c1-24(2,3)14-9-7-13(8-10-14)11-25-22(31)18-15(27)5-4-6-16(18)32-23-21(30)20(29)19(28)17(12-26)33-23/h4-10,17,19-21,23,26-30H,11-12H2,1-3H3,(H,25,31)/t17-,19-,20+,21-,23-/m1/s1. The molecule has 2 aromatic carbocycles. The quantitative estimate of drug-likeness (QED) is 0.370. The second kappa shape index (κ2) is 10.1. The SMILES string of the molecule is CC(C)(C)c1ccc(CNC(=O)c2c(O)cccc2O[C@@H]2O[C@H](CO)[C@@H](O)[C@H](O)[C@H]2O)cc1. The molecule has 1 heterocycles. The highest BCUT2D eigenvalue weighted by Crippen LogP contribution is 2.31. The maximum atomic E-state index is 12.9. The van der Waals surface area contributed by atoms with E-state index in [-0.39, 0.29) is 29.0 Å². The predicted octanol–water partition coefficient (Wildman–Crippen LogP) is 0.798. The molecule has 1 saturated heterocycles. The minimum absolute atomic E-state index is 0.00819. The number of benzene rings is 2. The average Bonchev–Trinajstić information content (AvgIpc) is 2.77. The molecule has 1 aliphatic rings. The van der Waals surface area contributed by atoms with Crippen LogP contribution in [0.5, 0.6) is 11.5 Å². The molecule has 1 aliphatic heterocycles. The van der Waals surface area contributed by atoms with E-state index in [0.29, 0.717) is 0 Å². The number of carbonyl (C=O) groups excluding carboxylic acids is 1. The van der Waals surface area contributed by atoms with Gasteiger partial charge in [0.1, 0.15) is 41.5 Å². The van der Waals surface area contributed by atoms with Crippen molar-refractivity contribution in [3.05, 3.63) is 59.2 Å². The topological polar surface area (TPSA) is 149 Å². The summed E-state index contributed by atoms with van der Waals surface area (Å²) in [4.78, 5) is 12.9. The van der Waals surface area contributed by atoms with Crippen LogP contribution in [0.2, 0.25) is 0 Å². The lowest BCUT2D eigenvalue weighted by molar-refractivity contribution is -0.277. The van der Waals surface area contributed by atoms with Crippen LogP contribution in [-0.2, 0) is 16.7 Å². The number of ether oxygens (including phenoxy) is 2. The lowest BCUT2D eigenvalue weighted by Gasteiger charge is -2.39. The van der Waals surface area contributed by atoms with Crippen LogP contribution < -0.4 is 10.1 Å². The first-order chi connectivity index (χ1) is 15.5. The first-order valence-electron chi connectivity index (χ1n) is 10.7. The van der Waals surface area contributed by atoms with Gasteiger partial charge in [0, 0.05) is 6.54 Å². The second-order valence-corrected chi connectivity index (χ2v) is 9.10. The van der Waals surface area contributed by atoms with E-state index >= 15 is 0 Å². The fourth-order valence-electron chi connectivity index (χ4n) is 3.53. The van der Waals surface area contributed by atoms with E-state index in [1.807, 2.05) is 24.3 Å². The Labute approximate surface area is 192 Å². The monoisotopic (exact) mass is 461 g/mol. The molecule has 0 aromatic heterocycles. The minimum Gasteiger partial charge on any atom is -0.507 e. The zero-order valence-electron chi connectivity index (χ0n) is 18.8. The fourth-order valence-corrected chi connectivity index (χ4v) is 3.53. The van der Waals surface area contributed by atoms with Crippen LogP contribution >= 0.6 is 0 Å². The summed E-state index contributed by atoms with van der Waals surface area (Å²) >= 11 is 0. The van der Waals surface area contributed by atoms with E-state index in [0.717, 1.165) is 11.1 Å². The van der Waals surface area contributed by atoms with Gasteiger partial charge in [-0.25, -0.2) is 0 Å². The van der Waals surface area contributed by atoms with Gasteiger partial charge in [-0.2, -0.15) is 0 Å². The maximum Gasteiger partial charge on any atom is 0.259 e. The Morgan fingerprint density at radius 1 is 1.03 bits per heavy atom. The number of nitrogens with one attached hydrogen (secondary N) is 1. The largest absolute Gasteiger partial charge is 0.507 e. The number of phenolic OH excluding ortho intramolecular Hbond substituents is 1. The number of hydrogen-bond acceptors (Lipinski definition) is 8. The van der Waals surface area contributed by atoms with Crippen LogP contribution in [0.15, 0.2) is 42.5 Å². The Bertz CT molecular complexity index is 954. The van der Waals surface area contributed by atoms with Gasteiger partial charge in [-0.1, -0.05) is 51.1 Å². The van der Waals surface area contributed by atoms with Gasteiger partial charge in [0.2, 0.25) is 6.29 Å². The number of aliphatic hydroxyl groups excluding tert-OH is 4. The van der Waals surface area contributed by atoms with Gasteiger partial charge < -0.3 is 40.3 Å². The number of hydrogen-bond donors (Lipinski definition) is 6. The number of phenols is 1. The molecule has 2 aromatic rings. The fraction of sp³-hybridized carbons (Fsp3) is 0.458. The third-order valence-corrected chi connectivity index (χ3v) is 5.60. The molecule has 9 heteroatoms. The highest BCUT2D eigenvalue weighted by atomic mass is 16.7. The average molecular weight is 462 g/mol. The van der Waals surface area contributed by atoms with Crippen molar-refractivity contribution in [3.8, 4) is 11.5 Å². The molecule has 1 amide bonds. The van der Waals surface area contributed by atoms with Crippen molar-refractivity contribution >= 4 is 5.91 Å². The normalized spacial score (nSPS) is 25.5. The lowest BCUT2D eigenvalue weighted by Crippen LogP contribution is -2.60. The third-order valence-electron chi connectivity index (χ3n) is 5.60. The van der Waals surface area contributed by atoms with Crippen molar-refractivity contribution in [1.82, 2.24) is 5.32 Å². The number of aromatic hydroxyl groups is 1. The van der Waals surface area contributed by atoms with E-state index in [9.17, 15) is 30.3 Å². The predicted molar refractivity (Wildman–Crippen MR) is 119 cm³/mol. The number of aliphatic hydroxyl groups is 4. The zero-order chi connectivity index (χ0) is 24.3. The smallest absolute Gasteiger partial charge is 0.259 e. The molecule has 6 N–H and O–H groups in total. The highest BCUT2D eigenvalue weighted by Gasteiger charge is 2.45. The van der Waals surface area contributed by atoms with Crippen molar-refractivity contribution in [2.75, 3.05) is 6.61 Å². The van der Waals surface area contributed by atoms with Gasteiger partial charge in [0.25, 0.3) is 5.91 Å². The van der Waals surface area contributed by atoms with Crippen molar-refractivity contribution < 1.29 is 39.8 Å². The number of carbonyl (C=O) groups is 1. The van der Waals surface area contributed by atoms with Crippen LogP contribution in [0.4, 0.5) is 0 Å². The summed E-state index contributed by atoms with van der Waals surface area (Å²) in [5.41, 5.74) is 1.85. The molecule has 0 unspecified atom stereocenters. The van der Waals surface area contributed by atoms with E-state index in [2.05, 4.69) is 26.1 Å². The second-order valence-electron chi connectivity index (χ2n) is 9.10. The molecular formula is C24H31NO8. The van der Waals surface area contributed by atoms with Crippen LogP contribution in [0.3, 0.4) is 0 Å². The number of amides is 1. The van der Waals surface area contributed by atoms with Crippen LogP contribution in [0, 0.1) is 0 Å². The molecule has 0 spiro atoms. The summed E-state index contributed by atoms with van der Waals surface area (Å²) in [5.74, 6) is -1.06. The van der Waals surface area contributed by atoms with E-state index < -0.39 is 43.2 Å². The van der Waals surface area contributed by atoms with Crippen LogP contribution in [0.1, 0.15) is 42.3 Å². The Morgan fingerprint density at radius 3 is 2.30 bits per heavy atom. The molecule has 0 radical (unpaired) electrons. The lowest BCUT2D eigenvalue weighted by atomic mass is 9.87. The van der Waals surface area contributed by atoms with Crippen molar-refractivity contribution in [1.29, 1.82) is 0 Å². The Morgan fingerprint density at radius 2 is 1.70 bits per heavy atom. The van der Waals surface area contributed by atoms with E-state index in [4.69, 9.17) is 9.47 Å². The molecule has 5 atom stereocenters. The summed E-state index contributed by atoms with van der Waals surface area (Å²) in [5, 5.41) is 52.4. The summed E-state index contributed by atoms with van der Waals surface area (Å²) in [6, 6.07) is 12.0. The molecule has 3 rings (SSSR count). The summed E-state index contributed by atoms with van der Waals surface area (Å²) < 4.78 is 10.9. The van der Waals surface area contributed by atoms with E-state index in [1.165, 1.54) is 18.2 Å². The first-order valence-corrected chi connectivity index (χ1v) is 10.7. The van der Waals surface area contributed by atoms with Gasteiger partial charge >= 0.3 is 0 Å². The summed E-state index contributed by atoms with van der Waals surface area (Å²) in [6.07, 6.45) is -7.48. The molecule has 1 fully saturated rings. The van der Waals surface area contributed by atoms with Crippen LogP contribution in [0.25, 0.3) is 0 Å². The Hall–Kier alpha value is -2.69. The first kappa shape index (κ1) is 24.9. The van der Waals surface area contributed by atoms with Crippen molar-refractivity contribution in [2.45, 2.75) is 63.4 Å². The van der Waals surface area contributed by atoms with Crippen LogP contribution in [-0.4, -0.2) is 68.8 Å². The van der Waals surface area contributed by atoms with Gasteiger partial charge in [-0.05, 0) is 28.7 Å². The minimum atomic E-state index is -1.65. The molecule has 0 bridgehead atoms. The molecule has 180 valence electrons. The Balaban J connectivity index is 1.74. The molecule has 0 saturated carbocycles. The van der Waals surface area contributed by atoms with Gasteiger partial charge in [0.15, 0.2) is 0 Å². The summed E-state index contributed by atoms with van der Waals surface area (Å²) in [6.45, 7) is 5.92. The maximum absolute atomic E-state index is 12.9. The molecule has 9 nitrogen and oxygen atoms in total. The van der Waals surface area contributed by atoms with Crippen molar-refractivity contribution in [2.24, 2.45) is 0 Å². The highest BCUT2D eigenvalue weighted by molar-refractivity contribution is 5.99. The molecule has 0 aliphatic carbocycles. The van der Waals surface area contributed by atoms with Crippen molar-refractivity contribution in [3.63, 3.8) is 0 Å². The van der Waals surface area contributed by atoms with Gasteiger partial charge in [-0.15, -0.1) is 0 Å². The van der Waals surface area contributed by atoms with Gasteiger partial charge in [0.05, 0.1) is 6.61 Å². The summed E-state index contributed by atoms with van der Waals surface area (Å²) in [7, 11) is 0. The van der Waals surface area contributed by atoms with E-state index in [1.54, 1.807) is 0 Å². The zero-order valence-corrected chi connectivity index (χ0v) is 18.8. The third kappa shape index (κ3) is 5.63. The number of rotatable bonds is 6. The van der Waals surface area contributed by atoms with Gasteiger partial charge in [-0.3, -0.25) is 4.79 Å². The molecule has 33 heavy (non-hydrogen) atoms. The molecular weight excluding hydrogens is 430 g/mol. The Kier molecular flexibility index (Phi) is 7.61.